The van der Waals surface area contributed by atoms with Crippen molar-refractivity contribution in [2.24, 2.45) is 0 Å². The lowest BCUT2D eigenvalue weighted by Gasteiger charge is -2.33. The standard InChI is InChI=1S/C19H43BP2/c1-6-11-16-21(17-12-7-2)20(15-10-5)22(18-13-8-3)19-14-9-4/h6-19H2,1-5H3. The van der Waals surface area contributed by atoms with Gasteiger partial charge in [0.25, 0.3) is 0 Å². The van der Waals surface area contributed by atoms with E-state index in [2.05, 4.69) is 34.6 Å². The maximum absolute atomic E-state index is 2.42. The first-order chi connectivity index (χ1) is 10.7. The first-order valence-corrected chi connectivity index (χ1v) is 13.8. The molecule has 0 amide bonds. The van der Waals surface area contributed by atoms with E-state index in [1.807, 2.05) is 0 Å². The summed E-state index contributed by atoms with van der Waals surface area (Å²) in [5.74, 6) is 0. The van der Waals surface area contributed by atoms with Gasteiger partial charge in [0, 0.05) is 0 Å². The Balaban J connectivity index is 4.88. The van der Waals surface area contributed by atoms with Crippen molar-refractivity contribution < 1.29 is 0 Å². The third kappa shape index (κ3) is 10.7. The van der Waals surface area contributed by atoms with Gasteiger partial charge in [-0.15, -0.1) is 15.6 Å². The summed E-state index contributed by atoms with van der Waals surface area (Å²) >= 11 is 0. The van der Waals surface area contributed by atoms with Gasteiger partial charge in [-0.25, -0.2) is 0 Å². The summed E-state index contributed by atoms with van der Waals surface area (Å²) in [5, 5.41) is 0. The normalized spacial score (nSPS) is 11.6. The molecule has 0 fully saturated rings. The molecular formula is C19H43BP2. The molecule has 0 saturated heterocycles. The highest BCUT2D eigenvalue weighted by Gasteiger charge is 2.30. The predicted molar refractivity (Wildman–Crippen MR) is 114 cm³/mol. The summed E-state index contributed by atoms with van der Waals surface area (Å²) in [6, 6.07) is 0. The van der Waals surface area contributed by atoms with Crippen molar-refractivity contribution in [2.45, 2.75) is 98.7 Å². The summed E-state index contributed by atoms with van der Waals surface area (Å²) in [6.45, 7) is 11.9. The second kappa shape index (κ2) is 16.8. The molecule has 0 aromatic rings. The third-order valence-electron chi connectivity index (χ3n) is 4.59. The topological polar surface area (TPSA) is 0 Å². The highest BCUT2D eigenvalue weighted by Crippen LogP contribution is 2.58. The minimum Gasteiger partial charge on any atom is -0.134 e. The average molecular weight is 344 g/mol. The van der Waals surface area contributed by atoms with E-state index in [4.69, 9.17) is 0 Å². The molecular weight excluding hydrogens is 301 g/mol. The van der Waals surface area contributed by atoms with Crippen LogP contribution in [0.5, 0.6) is 0 Å². The molecule has 0 rings (SSSR count). The third-order valence-corrected chi connectivity index (χ3v) is 12.3. The smallest absolute Gasteiger partial charge is 0.134 e. The van der Waals surface area contributed by atoms with Crippen LogP contribution in [0.1, 0.15) is 92.4 Å². The number of rotatable bonds is 16. The van der Waals surface area contributed by atoms with E-state index in [0.717, 1.165) is 6.15 Å². The zero-order valence-electron chi connectivity index (χ0n) is 16.4. The van der Waals surface area contributed by atoms with E-state index >= 15 is 0 Å². The summed E-state index contributed by atoms with van der Waals surface area (Å²) in [6.07, 6.45) is 21.9. The molecule has 0 aromatic carbocycles. The Kier molecular flexibility index (Phi) is 17.5. The number of hydrogen-bond donors (Lipinski definition) is 0. The Morgan fingerprint density at radius 3 is 1.05 bits per heavy atom. The highest BCUT2D eigenvalue weighted by atomic mass is 31.2. The summed E-state index contributed by atoms with van der Waals surface area (Å²) < 4.78 is 0. The lowest BCUT2D eigenvalue weighted by atomic mass is 9.98. The first kappa shape index (κ1) is 22.9. The zero-order valence-corrected chi connectivity index (χ0v) is 18.2. The molecule has 0 radical (unpaired) electrons. The number of unbranched alkanes of at least 4 members (excludes halogenated alkanes) is 4. The fourth-order valence-corrected chi connectivity index (χ4v) is 12.1. The maximum Gasteiger partial charge on any atom is 0.199 e. The van der Waals surface area contributed by atoms with Gasteiger partial charge in [0.15, 0.2) is 6.15 Å². The predicted octanol–water partition coefficient (Wildman–Crippen LogP) is 8.05. The van der Waals surface area contributed by atoms with Crippen LogP contribution in [-0.2, 0) is 0 Å². The van der Waals surface area contributed by atoms with Crippen molar-refractivity contribution in [2.75, 3.05) is 24.6 Å². The van der Waals surface area contributed by atoms with Gasteiger partial charge in [-0.1, -0.05) is 98.7 Å². The second-order valence-corrected chi connectivity index (χ2v) is 12.6. The molecule has 0 aliphatic rings. The Morgan fingerprint density at radius 1 is 0.500 bits per heavy atom. The van der Waals surface area contributed by atoms with Crippen LogP contribution in [0.15, 0.2) is 0 Å². The summed E-state index contributed by atoms with van der Waals surface area (Å²) in [7, 11) is 0.629. The van der Waals surface area contributed by atoms with Gasteiger partial charge < -0.3 is 0 Å². The minimum atomic E-state index is 0.315. The van der Waals surface area contributed by atoms with Crippen molar-refractivity contribution in [3.63, 3.8) is 0 Å². The first-order valence-electron chi connectivity index (χ1n) is 10.2. The van der Waals surface area contributed by atoms with Crippen molar-refractivity contribution in [3.05, 3.63) is 0 Å². The van der Waals surface area contributed by atoms with Crippen molar-refractivity contribution >= 4 is 21.8 Å². The molecule has 0 spiro atoms. The Morgan fingerprint density at radius 2 is 0.818 bits per heavy atom. The number of hydrogen-bond acceptors (Lipinski definition) is 0. The maximum atomic E-state index is 2.42. The molecule has 132 valence electrons. The van der Waals surface area contributed by atoms with E-state index in [9.17, 15) is 0 Å². The van der Waals surface area contributed by atoms with Gasteiger partial charge in [0.2, 0.25) is 0 Å². The summed E-state index contributed by atoms with van der Waals surface area (Å²) in [4.78, 5) is 0. The van der Waals surface area contributed by atoms with Gasteiger partial charge in [0.05, 0.1) is 0 Å². The molecule has 0 aliphatic heterocycles. The average Bonchev–Trinajstić information content (AvgIpc) is 2.54. The Hall–Kier alpha value is 0.925. The van der Waals surface area contributed by atoms with Gasteiger partial charge in [-0.2, -0.15) is 0 Å². The van der Waals surface area contributed by atoms with Crippen molar-refractivity contribution in [3.8, 4) is 0 Å². The quantitative estimate of drug-likeness (QED) is 0.196. The van der Waals surface area contributed by atoms with E-state index in [-0.39, 0.29) is 0 Å². The molecule has 0 bridgehead atoms. The van der Waals surface area contributed by atoms with Gasteiger partial charge in [-0.05, 0) is 24.6 Å². The van der Waals surface area contributed by atoms with E-state index in [1.165, 1.54) is 64.1 Å². The molecule has 0 nitrogen and oxygen atoms in total. The van der Waals surface area contributed by atoms with Gasteiger partial charge in [0.1, 0.15) is 0 Å². The van der Waals surface area contributed by atoms with Gasteiger partial charge >= 0.3 is 0 Å². The SMILES string of the molecule is CCCCP(CCCC)B(CCC)P(CCCC)CCCC. The van der Waals surface area contributed by atoms with Crippen molar-refractivity contribution in [1.29, 1.82) is 0 Å². The van der Waals surface area contributed by atoms with Crippen LogP contribution in [0.3, 0.4) is 0 Å². The molecule has 0 saturated carbocycles. The van der Waals surface area contributed by atoms with Crippen LogP contribution in [0.4, 0.5) is 0 Å². The lowest BCUT2D eigenvalue weighted by molar-refractivity contribution is 0.869. The zero-order chi connectivity index (χ0) is 16.6. The molecule has 0 aromatic heterocycles. The summed E-state index contributed by atoms with van der Waals surface area (Å²) in [5.41, 5.74) is 0. The molecule has 0 heterocycles. The fraction of sp³-hybridized carbons (Fsp3) is 1.00. The molecule has 0 unspecified atom stereocenters. The Bertz CT molecular complexity index is 187. The second-order valence-electron chi connectivity index (χ2n) is 6.76. The lowest BCUT2D eigenvalue weighted by Crippen LogP contribution is -2.17. The van der Waals surface area contributed by atoms with Crippen molar-refractivity contribution in [1.82, 2.24) is 0 Å². The molecule has 3 heteroatoms. The van der Waals surface area contributed by atoms with E-state index < -0.39 is 0 Å². The van der Waals surface area contributed by atoms with Crippen LogP contribution < -0.4 is 0 Å². The van der Waals surface area contributed by atoms with Crippen LogP contribution in [0.25, 0.3) is 0 Å². The van der Waals surface area contributed by atoms with Crippen LogP contribution >= 0.6 is 15.6 Å². The molecule has 22 heavy (non-hydrogen) atoms. The minimum absolute atomic E-state index is 0.315. The monoisotopic (exact) mass is 344 g/mol. The Labute approximate surface area is 145 Å². The van der Waals surface area contributed by atoms with Crippen LogP contribution in [0, 0.1) is 0 Å². The van der Waals surface area contributed by atoms with Gasteiger partial charge in [-0.3, -0.25) is 0 Å². The van der Waals surface area contributed by atoms with E-state index in [0.29, 0.717) is 15.6 Å². The molecule has 0 aliphatic carbocycles. The highest BCUT2D eigenvalue weighted by molar-refractivity contribution is 8.19. The largest absolute Gasteiger partial charge is 0.199 e. The van der Waals surface area contributed by atoms with Crippen LogP contribution in [-0.4, -0.2) is 30.8 Å². The van der Waals surface area contributed by atoms with E-state index in [1.54, 1.807) is 24.6 Å². The molecule has 0 atom stereocenters. The fourth-order valence-electron chi connectivity index (χ4n) is 3.12. The van der Waals surface area contributed by atoms with Crippen LogP contribution in [0.2, 0.25) is 6.32 Å². The molecule has 0 N–H and O–H groups in total.